The topological polar surface area (TPSA) is 92.4 Å². The third-order valence-corrected chi connectivity index (χ3v) is 3.63. The van der Waals surface area contributed by atoms with Gasteiger partial charge >= 0.3 is 5.97 Å². The van der Waals surface area contributed by atoms with Gasteiger partial charge in [0, 0.05) is 25.4 Å². The number of aromatic carboxylic acids is 1. The molecule has 0 radical (unpaired) electrons. The van der Waals surface area contributed by atoms with E-state index >= 15 is 0 Å². The second kappa shape index (κ2) is 6.27. The lowest BCUT2D eigenvalue weighted by Crippen LogP contribution is -2.06. The summed E-state index contributed by atoms with van der Waals surface area (Å²) in [5, 5.41) is 13.0. The predicted molar refractivity (Wildman–Crippen MR) is 87.7 cm³/mol. The minimum atomic E-state index is -1.06. The van der Waals surface area contributed by atoms with Crippen LogP contribution in [0.3, 0.4) is 0 Å². The van der Waals surface area contributed by atoms with Crippen molar-refractivity contribution < 1.29 is 18.7 Å². The highest BCUT2D eigenvalue weighted by Crippen LogP contribution is 2.21. The van der Waals surface area contributed by atoms with Crippen LogP contribution in [0.4, 0.5) is 14.7 Å². The molecule has 0 unspecified atom stereocenters. The summed E-state index contributed by atoms with van der Waals surface area (Å²) in [6.07, 6.45) is 1.23. The van der Waals surface area contributed by atoms with E-state index in [1.165, 1.54) is 22.9 Å². The number of rotatable bonds is 4. The van der Waals surface area contributed by atoms with E-state index in [-0.39, 0.29) is 5.56 Å². The van der Waals surface area contributed by atoms with Gasteiger partial charge in [0.2, 0.25) is 5.95 Å². The van der Waals surface area contributed by atoms with Crippen LogP contribution in [0, 0.1) is 11.6 Å². The van der Waals surface area contributed by atoms with Crippen LogP contribution < -0.4 is 5.43 Å². The molecule has 128 valence electrons. The normalized spacial score (nSPS) is 11.8. The summed E-state index contributed by atoms with van der Waals surface area (Å²) in [6, 6.07) is 5.03. The Morgan fingerprint density at radius 3 is 2.64 bits per heavy atom. The molecule has 0 amide bonds. The molecule has 0 aliphatic heterocycles. The largest absolute Gasteiger partial charge is 0.478 e. The van der Waals surface area contributed by atoms with Gasteiger partial charge in [0.1, 0.15) is 0 Å². The summed E-state index contributed by atoms with van der Waals surface area (Å²) in [5.74, 6) is -2.70. The van der Waals surface area contributed by atoms with E-state index in [4.69, 9.17) is 5.11 Å². The fourth-order valence-corrected chi connectivity index (χ4v) is 2.21. The van der Waals surface area contributed by atoms with Gasteiger partial charge in [0.15, 0.2) is 11.6 Å². The number of fused-ring (bicyclic) bond motifs is 1. The molecule has 0 bridgehead atoms. The molecule has 2 aromatic heterocycles. The third kappa shape index (κ3) is 3.16. The Kier molecular flexibility index (Phi) is 4.14. The van der Waals surface area contributed by atoms with Gasteiger partial charge in [-0.25, -0.2) is 24.0 Å². The van der Waals surface area contributed by atoms with Gasteiger partial charge in [-0.05, 0) is 19.1 Å². The number of imidazole rings is 1. The smallest absolute Gasteiger partial charge is 0.337 e. The first-order valence-corrected chi connectivity index (χ1v) is 7.18. The Morgan fingerprint density at radius 2 is 2.00 bits per heavy atom. The van der Waals surface area contributed by atoms with Crippen molar-refractivity contribution in [3.05, 3.63) is 53.4 Å². The SMILES string of the molecule is C/C(=N\Nc1nc2cc(F)c(F)cc2n1C)c1ccc(C(=O)O)cn1. The molecule has 0 aliphatic carbocycles. The molecule has 3 rings (SSSR count). The van der Waals surface area contributed by atoms with Gasteiger partial charge in [-0.3, -0.25) is 4.98 Å². The van der Waals surface area contributed by atoms with Crippen LogP contribution in [0.2, 0.25) is 0 Å². The van der Waals surface area contributed by atoms with Crippen molar-refractivity contribution in [1.29, 1.82) is 0 Å². The number of aromatic nitrogens is 3. The average molecular weight is 345 g/mol. The fourth-order valence-electron chi connectivity index (χ4n) is 2.21. The summed E-state index contributed by atoms with van der Waals surface area (Å²) < 4.78 is 28.2. The highest BCUT2D eigenvalue weighted by Gasteiger charge is 2.12. The van der Waals surface area contributed by atoms with Crippen molar-refractivity contribution >= 4 is 28.7 Å². The lowest BCUT2D eigenvalue weighted by Gasteiger charge is -2.04. The van der Waals surface area contributed by atoms with E-state index in [0.717, 1.165) is 12.1 Å². The molecule has 9 heteroatoms. The van der Waals surface area contributed by atoms with Crippen molar-refractivity contribution in [2.45, 2.75) is 6.92 Å². The van der Waals surface area contributed by atoms with Crippen LogP contribution in [0.15, 0.2) is 35.6 Å². The maximum absolute atomic E-state index is 13.3. The van der Waals surface area contributed by atoms with E-state index in [9.17, 15) is 13.6 Å². The molecular weight excluding hydrogens is 332 g/mol. The van der Waals surface area contributed by atoms with E-state index in [2.05, 4.69) is 20.5 Å². The molecule has 0 spiro atoms. The number of halogens is 2. The maximum Gasteiger partial charge on any atom is 0.337 e. The first-order chi connectivity index (χ1) is 11.9. The Morgan fingerprint density at radius 1 is 1.28 bits per heavy atom. The first kappa shape index (κ1) is 16.5. The van der Waals surface area contributed by atoms with Crippen LogP contribution in [0.25, 0.3) is 11.0 Å². The van der Waals surface area contributed by atoms with Gasteiger partial charge in [0.05, 0.1) is 28.0 Å². The molecule has 2 heterocycles. The molecule has 0 fully saturated rings. The van der Waals surface area contributed by atoms with E-state index in [0.29, 0.717) is 28.4 Å². The van der Waals surface area contributed by atoms with Crippen molar-refractivity contribution in [3.63, 3.8) is 0 Å². The summed E-state index contributed by atoms with van der Waals surface area (Å²) in [4.78, 5) is 19.0. The monoisotopic (exact) mass is 345 g/mol. The van der Waals surface area contributed by atoms with Crippen LogP contribution in [-0.2, 0) is 7.05 Å². The number of pyridine rings is 1. The minimum absolute atomic E-state index is 0.0731. The fraction of sp³-hybridized carbons (Fsp3) is 0.125. The van der Waals surface area contributed by atoms with Crippen molar-refractivity contribution in [2.75, 3.05) is 5.43 Å². The number of carboxylic acid groups (broad SMARTS) is 1. The molecule has 2 N–H and O–H groups in total. The van der Waals surface area contributed by atoms with Gasteiger partial charge in [0.25, 0.3) is 0 Å². The van der Waals surface area contributed by atoms with Gasteiger partial charge in [-0.2, -0.15) is 5.10 Å². The molecule has 0 saturated heterocycles. The molecule has 1 aromatic carbocycles. The number of benzene rings is 1. The summed E-state index contributed by atoms with van der Waals surface area (Å²) in [6.45, 7) is 1.68. The maximum atomic E-state index is 13.3. The quantitative estimate of drug-likeness (QED) is 0.560. The number of nitrogens with one attached hydrogen (secondary N) is 1. The molecule has 0 saturated carbocycles. The minimum Gasteiger partial charge on any atom is -0.478 e. The summed E-state index contributed by atoms with van der Waals surface area (Å²) in [7, 11) is 1.64. The number of anilines is 1. The van der Waals surface area contributed by atoms with E-state index < -0.39 is 17.6 Å². The molecule has 7 nitrogen and oxygen atoms in total. The van der Waals surface area contributed by atoms with Gasteiger partial charge in [-0.1, -0.05) is 0 Å². The Balaban J connectivity index is 1.86. The highest BCUT2D eigenvalue weighted by molar-refractivity contribution is 5.98. The number of hydrogen-bond donors (Lipinski definition) is 2. The van der Waals surface area contributed by atoms with Gasteiger partial charge in [-0.15, -0.1) is 0 Å². The molecule has 25 heavy (non-hydrogen) atoms. The molecular formula is C16H13F2N5O2. The zero-order valence-electron chi connectivity index (χ0n) is 13.3. The van der Waals surface area contributed by atoms with Crippen LogP contribution in [0.1, 0.15) is 23.0 Å². The second-order valence-electron chi connectivity index (χ2n) is 5.30. The number of hydrazone groups is 1. The number of nitrogens with zero attached hydrogens (tertiary/aromatic N) is 4. The van der Waals surface area contributed by atoms with Crippen LogP contribution in [0.5, 0.6) is 0 Å². The second-order valence-corrected chi connectivity index (χ2v) is 5.30. The standard InChI is InChI=1S/C16H13F2N5O2/c1-8(12-4-3-9(7-19-12)15(24)25)21-22-16-20-13-5-10(17)11(18)6-14(13)23(16)2/h3-7H,1-2H3,(H,20,22)(H,24,25)/b21-8+. The number of hydrogen-bond acceptors (Lipinski definition) is 5. The number of carbonyl (C=O) groups is 1. The van der Waals surface area contributed by atoms with Crippen LogP contribution >= 0.6 is 0 Å². The Bertz CT molecular complexity index is 996. The Labute approximate surface area is 140 Å². The average Bonchev–Trinajstić information content (AvgIpc) is 2.89. The third-order valence-electron chi connectivity index (χ3n) is 3.63. The van der Waals surface area contributed by atoms with E-state index in [1.54, 1.807) is 14.0 Å². The highest BCUT2D eigenvalue weighted by atomic mass is 19.2. The first-order valence-electron chi connectivity index (χ1n) is 7.18. The lowest BCUT2D eigenvalue weighted by atomic mass is 10.2. The lowest BCUT2D eigenvalue weighted by molar-refractivity contribution is 0.0696. The van der Waals surface area contributed by atoms with Crippen molar-refractivity contribution in [3.8, 4) is 0 Å². The molecule has 0 aliphatic rings. The van der Waals surface area contributed by atoms with E-state index in [1.807, 2.05) is 0 Å². The zero-order valence-corrected chi connectivity index (χ0v) is 13.3. The summed E-state index contributed by atoms with van der Waals surface area (Å²) >= 11 is 0. The van der Waals surface area contributed by atoms with Crippen molar-refractivity contribution in [1.82, 2.24) is 14.5 Å². The number of aryl methyl sites for hydroxylation is 1. The number of carboxylic acids is 1. The Hall–Kier alpha value is -3.36. The molecule has 3 aromatic rings. The zero-order chi connectivity index (χ0) is 18.1. The summed E-state index contributed by atoms with van der Waals surface area (Å²) in [5.41, 5.74) is 4.46. The van der Waals surface area contributed by atoms with Gasteiger partial charge < -0.3 is 9.67 Å². The predicted octanol–water partition coefficient (Wildman–Crippen LogP) is 2.78. The van der Waals surface area contributed by atoms with Crippen molar-refractivity contribution in [2.24, 2.45) is 12.1 Å². The molecule has 0 atom stereocenters. The van der Waals surface area contributed by atoms with Crippen LogP contribution in [-0.4, -0.2) is 31.3 Å².